The van der Waals surface area contributed by atoms with Crippen molar-refractivity contribution in [3.63, 3.8) is 0 Å². The molecular weight excluding hydrogens is 302 g/mol. The van der Waals surface area contributed by atoms with Gasteiger partial charge in [0.05, 0.1) is 10.6 Å². The molecule has 0 saturated heterocycles. The molecule has 1 rings (SSSR count). The summed E-state index contributed by atoms with van der Waals surface area (Å²) in [5.74, 6) is -0.273. The summed E-state index contributed by atoms with van der Waals surface area (Å²) in [5.41, 5.74) is 7.39. The Hall–Kier alpha value is -1.16. The summed E-state index contributed by atoms with van der Waals surface area (Å²) in [4.78, 5) is 0.102. The predicted molar refractivity (Wildman–Crippen MR) is 78.1 cm³/mol. The first-order valence-corrected chi connectivity index (χ1v) is 9.09. The first kappa shape index (κ1) is 16.9. The van der Waals surface area contributed by atoms with Crippen molar-refractivity contribution >= 4 is 25.7 Å². The van der Waals surface area contributed by atoms with Crippen LogP contribution in [0.1, 0.15) is 17.5 Å². The molecule has 5 N–H and O–H groups in total. The lowest BCUT2D eigenvalue weighted by Crippen LogP contribution is -2.28. The molecule has 0 saturated carbocycles. The molecule has 0 aliphatic heterocycles. The zero-order valence-corrected chi connectivity index (χ0v) is 13.0. The van der Waals surface area contributed by atoms with Crippen molar-refractivity contribution in [3.05, 3.63) is 23.3 Å². The van der Waals surface area contributed by atoms with E-state index < -0.39 is 20.0 Å². The van der Waals surface area contributed by atoms with E-state index in [0.717, 1.165) is 5.56 Å². The molecule has 1 aromatic rings. The van der Waals surface area contributed by atoms with E-state index in [1.165, 1.54) is 6.07 Å². The molecule has 0 atom stereocenters. The van der Waals surface area contributed by atoms with Crippen molar-refractivity contribution in [2.45, 2.75) is 25.2 Å². The number of nitrogens with two attached hydrogens (primary N) is 2. The second-order valence-electron chi connectivity index (χ2n) is 4.58. The molecule has 9 heteroatoms. The van der Waals surface area contributed by atoms with E-state index in [-0.39, 0.29) is 23.6 Å². The molecule has 0 fully saturated rings. The van der Waals surface area contributed by atoms with Crippen LogP contribution in [0.25, 0.3) is 0 Å². The van der Waals surface area contributed by atoms with Crippen LogP contribution in [0.3, 0.4) is 0 Å². The highest BCUT2D eigenvalue weighted by Gasteiger charge is 2.18. The average Bonchev–Trinajstić information content (AvgIpc) is 2.28. The third-order valence-electron chi connectivity index (χ3n) is 2.83. The van der Waals surface area contributed by atoms with E-state index in [0.29, 0.717) is 11.3 Å². The molecule has 0 aliphatic carbocycles. The minimum absolute atomic E-state index is 0.00789. The van der Waals surface area contributed by atoms with Crippen LogP contribution in [0, 0.1) is 13.8 Å². The van der Waals surface area contributed by atoms with Gasteiger partial charge in [-0.05, 0) is 43.5 Å². The quantitative estimate of drug-likeness (QED) is 0.495. The summed E-state index contributed by atoms with van der Waals surface area (Å²) < 4.78 is 48.1. The Labute approximate surface area is 119 Å². The lowest BCUT2D eigenvalue weighted by Gasteiger charge is -2.12. The van der Waals surface area contributed by atoms with Gasteiger partial charge in [-0.2, -0.15) is 0 Å². The summed E-state index contributed by atoms with van der Waals surface area (Å²) in [6.45, 7) is 3.45. The number of sulfonamides is 2. The second-order valence-corrected chi connectivity index (χ2v) is 8.05. The highest BCUT2D eigenvalue weighted by atomic mass is 32.2. The predicted octanol–water partition coefficient (Wildman–Crippen LogP) is -0.157. The van der Waals surface area contributed by atoms with Crippen LogP contribution in [0.15, 0.2) is 17.0 Å². The number of hydrogen-bond acceptors (Lipinski definition) is 5. The SMILES string of the molecule is Cc1cc(N)cc(S(=O)(=O)NCCCS(N)(=O)=O)c1C. The minimum atomic E-state index is -3.72. The molecule has 0 bridgehead atoms. The summed E-state index contributed by atoms with van der Waals surface area (Å²) in [6.07, 6.45) is 0.110. The van der Waals surface area contributed by atoms with Crippen molar-refractivity contribution in [1.82, 2.24) is 4.72 Å². The van der Waals surface area contributed by atoms with Crippen LogP contribution in [0.5, 0.6) is 0 Å². The molecule has 0 aliphatic rings. The largest absolute Gasteiger partial charge is 0.399 e. The number of rotatable bonds is 6. The van der Waals surface area contributed by atoms with Gasteiger partial charge in [0.15, 0.2) is 0 Å². The zero-order valence-electron chi connectivity index (χ0n) is 11.4. The number of aryl methyl sites for hydroxylation is 1. The first-order valence-electron chi connectivity index (χ1n) is 5.90. The molecule has 20 heavy (non-hydrogen) atoms. The summed E-state index contributed by atoms with van der Waals surface area (Å²) >= 11 is 0. The van der Waals surface area contributed by atoms with Gasteiger partial charge in [-0.25, -0.2) is 26.7 Å². The third-order valence-corrected chi connectivity index (χ3v) is 5.27. The maximum Gasteiger partial charge on any atom is 0.240 e. The molecule has 0 radical (unpaired) electrons. The third kappa shape index (κ3) is 4.75. The Kier molecular flexibility index (Phi) is 5.14. The fraction of sp³-hybridized carbons (Fsp3) is 0.455. The topological polar surface area (TPSA) is 132 Å². The van der Waals surface area contributed by atoms with E-state index in [4.69, 9.17) is 10.9 Å². The Morgan fingerprint density at radius 2 is 1.75 bits per heavy atom. The number of anilines is 1. The van der Waals surface area contributed by atoms with Crippen molar-refractivity contribution in [2.75, 3.05) is 18.0 Å². The fourth-order valence-corrected chi connectivity index (χ4v) is 3.66. The standard InChI is InChI=1S/C11H19N3O4S2/c1-8-6-10(12)7-11(9(8)2)20(17,18)14-4-3-5-19(13,15)16/h6-7,14H,3-5,12H2,1-2H3,(H2,13,15,16). The lowest BCUT2D eigenvalue weighted by molar-refractivity contribution is 0.576. The van der Waals surface area contributed by atoms with Crippen LogP contribution in [0.2, 0.25) is 0 Å². The molecule has 0 unspecified atom stereocenters. The van der Waals surface area contributed by atoms with Gasteiger partial charge in [-0.3, -0.25) is 0 Å². The van der Waals surface area contributed by atoms with Crippen LogP contribution in [0.4, 0.5) is 5.69 Å². The Morgan fingerprint density at radius 3 is 2.30 bits per heavy atom. The van der Waals surface area contributed by atoms with Crippen molar-refractivity contribution in [2.24, 2.45) is 5.14 Å². The highest BCUT2D eigenvalue weighted by Crippen LogP contribution is 2.22. The second kappa shape index (κ2) is 6.08. The van der Waals surface area contributed by atoms with Crippen LogP contribution >= 0.6 is 0 Å². The van der Waals surface area contributed by atoms with E-state index >= 15 is 0 Å². The maximum absolute atomic E-state index is 12.1. The van der Waals surface area contributed by atoms with E-state index in [1.54, 1.807) is 19.9 Å². The number of hydrogen-bond donors (Lipinski definition) is 3. The van der Waals surface area contributed by atoms with Gasteiger partial charge in [0.2, 0.25) is 20.0 Å². The normalized spacial score (nSPS) is 12.6. The van der Waals surface area contributed by atoms with Gasteiger partial charge in [-0.1, -0.05) is 0 Å². The summed E-state index contributed by atoms with van der Waals surface area (Å²) in [6, 6.07) is 3.07. The number of nitrogens with one attached hydrogen (secondary N) is 1. The molecule has 7 nitrogen and oxygen atoms in total. The van der Waals surface area contributed by atoms with Gasteiger partial charge in [0, 0.05) is 12.2 Å². The molecular formula is C11H19N3O4S2. The van der Waals surface area contributed by atoms with E-state index in [9.17, 15) is 16.8 Å². The number of nitrogen functional groups attached to an aromatic ring is 1. The summed E-state index contributed by atoms with van der Waals surface area (Å²) in [5, 5.41) is 4.84. The van der Waals surface area contributed by atoms with Crippen LogP contribution < -0.4 is 15.6 Å². The maximum atomic E-state index is 12.1. The van der Waals surface area contributed by atoms with Gasteiger partial charge in [0.25, 0.3) is 0 Å². The first-order chi connectivity index (χ1) is 9.03. The molecule has 0 amide bonds. The molecule has 1 aromatic carbocycles. The Morgan fingerprint density at radius 1 is 1.15 bits per heavy atom. The molecule has 0 heterocycles. The van der Waals surface area contributed by atoms with Crippen LogP contribution in [-0.2, 0) is 20.0 Å². The number of primary sulfonamides is 1. The van der Waals surface area contributed by atoms with Crippen LogP contribution in [-0.4, -0.2) is 29.1 Å². The van der Waals surface area contributed by atoms with Gasteiger partial charge < -0.3 is 5.73 Å². The van der Waals surface area contributed by atoms with Gasteiger partial charge >= 0.3 is 0 Å². The molecule has 114 valence electrons. The van der Waals surface area contributed by atoms with Crippen molar-refractivity contribution < 1.29 is 16.8 Å². The molecule has 0 spiro atoms. The number of benzene rings is 1. The Balaban J connectivity index is 2.85. The highest BCUT2D eigenvalue weighted by molar-refractivity contribution is 7.89. The minimum Gasteiger partial charge on any atom is -0.399 e. The van der Waals surface area contributed by atoms with E-state index in [1.807, 2.05) is 0 Å². The smallest absolute Gasteiger partial charge is 0.240 e. The Bertz CT molecular complexity index is 697. The fourth-order valence-electron chi connectivity index (χ4n) is 1.69. The van der Waals surface area contributed by atoms with Gasteiger partial charge in [-0.15, -0.1) is 0 Å². The van der Waals surface area contributed by atoms with Gasteiger partial charge in [0.1, 0.15) is 0 Å². The monoisotopic (exact) mass is 321 g/mol. The lowest BCUT2D eigenvalue weighted by atomic mass is 10.1. The zero-order chi connectivity index (χ0) is 15.6. The average molecular weight is 321 g/mol. The molecule has 0 aromatic heterocycles. The van der Waals surface area contributed by atoms with Crippen molar-refractivity contribution in [3.8, 4) is 0 Å². The summed E-state index contributed by atoms with van der Waals surface area (Å²) in [7, 11) is -7.30. The van der Waals surface area contributed by atoms with E-state index in [2.05, 4.69) is 4.72 Å². The van der Waals surface area contributed by atoms with Crippen molar-refractivity contribution in [1.29, 1.82) is 0 Å².